The van der Waals surface area contributed by atoms with Gasteiger partial charge in [-0.05, 0) is 45.4 Å². The zero-order valence-corrected chi connectivity index (χ0v) is 9.54. The van der Waals surface area contributed by atoms with Crippen LogP contribution in [0.15, 0.2) is 0 Å². The first-order valence-electron chi connectivity index (χ1n) is 5.14. The van der Waals surface area contributed by atoms with Gasteiger partial charge in [0.2, 0.25) is 0 Å². The average molecular weight is 188 g/mol. The van der Waals surface area contributed by atoms with Crippen LogP contribution in [-0.4, -0.2) is 21.9 Å². The molecule has 0 aromatic heterocycles. The van der Waals surface area contributed by atoms with Crippen molar-refractivity contribution in [3.05, 3.63) is 0 Å². The molecule has 0 saturated carbocycles. The summed E-state index contributed by atoms with van der Waals surface area (Å²) >= 11 is 0. The van der Waals surface area contributed by atoms with Crippen LogP contribution in [0.2, 0.25) is 0 Å². The Labute approximate surface area is 82.0 Å². The first kappa shape index (κ1) is 12.9. The van der Waals surface area contributed by atoms with Gasteiger partial charge in [-0.1, -0.05) is 13.8 Å². The Morgan fingerprint density at radius 1 is 1.08 bits per heavy atom. The number of hydrogen-bond acceptors (Lipinski definition) is 2. The average Bonchev–Trinajstić information content (AvgIpc) is 1.82. The molecule has 0 aromatic rings. The van der Waals surface area contributed by atoms with Gasteiger partial charge in [0.25, 0.3) is 0 Å². The predicted octanol–water partition coefficient (Wildman–Crippen LogP) is 2.19. The lowest BCUT2D eigenvalue weighted by Crippen LogP contribution is -2.30. The molecule has 0 bridgehead atoms. The van der Waals surface area contributed by atoms with E-state index in [1.807, 2.05) is 20.8 Å². The van der Waals surface area contributed by atoms with E-state index in [0.717, 1.165) is 12.8 Å². The van der Waals surface area contributed by atoms with Gasteiger partial charge in [-0.2, -0.15) is 0 Å². The van der Waals surface area contributed by atoms with Crippen LogP contribution in [0, 0.1) is 11.8 Å². The van der Waals surface area contributed by atoms with Crippen LogP contribution >= 0.6 is 0 Å². The van der Waals surface area contributed by atoms with Crippen molar-refractivity contribution >= 4 is 0 Å². The smallest absolute Gasteiger partial charge is 0.0617 e. The highest BCUT2D eigenvalue weighted by Gasteiger charge is 2.24. The molecule has 2 nitrogen and oxygen atoms in total. The van der Waals surface area contributed by atoms with Gasteiger partial charge >= 0.3 is 0 Å². The van der Waals surface area contributed by atoms with Crippen LogP contribution in [0.25, 0.3) is 0 Å². The third-order valence-electron chi connectivity index (χ3n) is 2.71. The van der Waals surface area contributed by atoms with E-state index in [9.17, 15) is 10.2 Å². The second-order valence-electron chi connectivity index (χ2n) is 4.98. The van der Waals surface area contributed by atoms with E-state index in [2.05, 4.69) is 13.8 Å². The minimum atomic E-state index is -0.604. The Balaban J connectivity index is 3.85. The number of hydrogen-bond donors (Lipinski definition) is 2. The molecule has 0 aromatic carbocycles. The van der Waals surface area contributed by atoms with Gasteiger partial charge in [-0.15, -0.1) is 0 Å². The maximum atomic E-state index is 9.71. The zero-order valence-electron chi connectivity index (χ0n) is 9.54. The highest BCUT2D eigenvalue weighted by atomic mass is 16.3. The van der Waals surface area contributed by atoms with Crippen LogP contribution in [0.5, 0.6) is 0 Å². The molecule has 0 heterocycles. The SMILES string of the molecule is C[C@H](C[C@H](C)O)C[C@@H](C)C(C)(C)O. The minimum Gasteiger partial charge on any atom is -0.393 e. The van der Waals surface area contributed by atoms with Crippen LogP contribution in [0.3, 0.4) is 0 Å². The van der Waals surface area contributed by atoms with Crippen LogP contribution in [0.1, 0.15) is 47.5 Å². The summed E-state index contributed by atoms with van der Waals surface area (Å²) in [6, 6.07) is 0. The molecule has 3 atom stereocenters. The van der Waals surface area contributed by atoms with Crippen molar-refractivity contribution in [2.24, 2.45) is 11.8 Å². The summed E-state index contributed by atoms with van der Waals surface area (Å²) in [4.78, 5) is 0. The number of aliphatic hydroxyl groups excluding tert-OH is 1. The second kappa shape index (κ2) is 4.97. The lowest BCUT2D eigenvalue weighted by atomic mass is 9.83. The summed E-state index contributed by atoms with van der Waals surface area (Å²) in [6.07, 6.45) is 1.55. The Morgan fingerprint density at radius 3 is 1.85 bits per heavy atom. The molecule has 0 aliphatic rings. The molecule has 13 heavy (non-hydrogen) atoms. The number of aliphatic hydroxyl groups is 2. The van der Waals surface area contributed by atoms with E-state index in [1.54, 1.807) is 0 Å². The monoisotopic (exact) mass is 188 g/mol. The Hall–Kier alpha value is -0.0800. The summed E-state index contributed by atoms with van der Waals surface area (Å²) in [5.41, 5.74) is -0.604. The van der Waals surface area contributed by atoms with E-state index in [4.69, 9.17) is 0 Å². The van der Waals surface area contributed by atoms with Crippen molar-refractivity contribution in [1.82, 2.24) is 0 Å². The van der Waals surface area contributed by atoms with E-state index in [1.165, 1.54) is 0 Å². The van der Waals surface area contributed by atoms with Gasteiger partial charge in [0, 0.05) is 0 Å². The summed E-state index contributed by atoms with van der Waals surface area (Å²) < 4.78 is 0. The minimum absolute atomic E-state index is 0.232. The quantitative estimate of drug-likeness (QED) is 0.694. The van der Waals surface area contributed by atoms with Gasteiger partial charge in [0.05, 0.1) is 11.7 Å². The second-order valence-corrected chi connectivity index (χ2v) is 4.98. The zero-order chi connectivity index (χ0) is 10.6. The van der Waals surface area contributed by atoms with E-state index in [0.29, 0.717) is 5.92 Å². The van der Waals surface area contributed by atoms with Crippen molar-refractivity contribution < 1.29 is 10.2 Å². The third kappa shape index (κ3) is 6.05. The van der Waals surface area contributed by atoms with Crippen molar-refractivity contribution in [2.45, 2.75) is 59.2 Å². The van der Waals surface area contributed by atoms with Crippen molar-refractivity contribution in [2.75, 3.05) is 0 Å². The van der Waals surface area contributed by atoms with Gasteiger partial charge in [-0.3, -0.25) is 0 Å². The molecule has 0 spiro atoms. The molecule has 0 unspecified atom stereocenters. The summed E-state index contributed by atoms with van der Waals surface area (Å²) in [6.45, 7) is 9.66. The Bertz CT molecular complexity index is 136. The largest absolute Gasteiger partial charge is 0.393 e. The molecule has 0 aliphatic carbocycles. The van der Waals surface area contributed by atoms with Crippen LogP contribution in [-0.2, 0) is 0 Å². The van der Waals surface area contributed by atoms with Crippen LogP contribution < -0.4 is 0 Å². The normalized spacial score (nSPS) is 19.6. The molecule has 2 heteroatoms. The van der Waals surface area contributed by atoms with Crippen LogP contribution in [0.4, 0.5) is 0 Å². The maximum absolute atomic E-state index is 9.71. The Morgan fingerprint density at radius 2 is 1.54 bits per heavy atom. The lowest BCUT2D eigenvalue weighted by molar-refractivity contribution is 0.0121. The van der Waals surface area contributed by atoms with Crippen molar-refractivity contribution in [3.8, 4) is 0 Å². The predicted molar refractivity (Wildman–Crippen MR) is 55.5 cm³/mol. The molecule has 0 rings (SSSR count). The summed E-state index contributed by atoms with van der Waals surface area (Å²) in [7, 11) is 0. The Kier molecular flexibility index (Phi) is 4.93. The molecule has 80 valence electrons. The fraction of sp³-hybridized carbons (Fsp3) is 1.00. The van der Waals surface area contributed by atoms with Crippen molar-refractivity contribution in [3.63, 3.8) is 0 Å². The molecule has 0 amide bonds. The highest BCUT2D eigenvalue weighted by molar-refractivity contribution is 4.75. The van der Waals surface area contributed by atoms with Gasteiger partial charge in [0.15, 0.2) is 0 Å². The van der Waals surface area contributed by atoms with E-state index < -0.39 is 5.60 Å². The molecule has 0 radical (unpaired) electrons. The lowest BCUT2D eigenvalue weighted by Gasteiger charge is -2.28. The third-order valence-corrected chi connectivity index (χ3v) is 2.71. The van der Waals surface area contributed by atoms with E-state index in [-0.39, 0.29) is 12.0 Å². The first-order chi connectivity index (χ1) is 5.73. The first-order valence-corrected chi connectivity index (χ1v) is 5.14. The summed E-state index contributed by atoms with van der Waals surface area (Å²) in [5.74, 6) is 0.752. The maximum Gasteiger partial charge on any atom is 0.0617 e. The molecule has 2 N–H and O–H groups in total. The van der Waals surface area contributed by atoms with Crippen molar-refractivity contribution in [1.29, 1.82) is 0 Å². The standard InChI is InChI=1S/C11H24O2/c1-8(7-10(3)12)6-9(2)11(4,5)13/h8-10,12-13H,6-7H2,1-5H3/t8-,9+,10-/m0/s1. The topological polar surface area (TPSA) is 40.5 Å². The fourth-order valence-corrected chi connectivity index (χ4v) is 1.57. The fourth-order valence-electron chi connectivity index (χ4n) is 1.57. The molecule has 0 fully saturated rings. The molecular weight excluding hydrogens is 164 g/mol. The van der Waals surface area contributed by atoms with Gasteiger partial charge < -0.3 is 10.2 Å². The van der Waals surface area contributed by atoms with E-state index >= 15 is 0 Å². The van der Waals surface area contributed by atoms with Gasteiger partial charge in [0.1, 0.15) is 0 Å². The van der Waals surface area contributed by atoms with Gasteiger partial charge in [-0.25, -0.2) is 0 Å². The molecule has 0 saturated heterocycles. The molecular formula is C11H24O2. The highest BCUT2D eigenvalue weighted by Crippen LogP contribution is 2.25. The summed E-state index contributed by atoms with van der Waals surface area (Å²) in [5, 5.41) is 18.9. The number of rotatable bonds is 5. The molecule has 0 aliphatic heterocycles.